The number of ether oxygens (including phenoxy) is 1. The Morgan fingerprint density at radius 3 is 2.40 bits per heavy atom. The molecule has 6 nitrogen and oxygen atoms in total. The number of aliphatic carboxylic acids is 1. The molecule has 20 heavy (non-hydrogen) atoms. The molecule has 0 spiro atoms. The molecule has 1 aliphatic heterocycles. The second-order valence-electron chi connectivity index (χ2n) is 5.79. The van der Waals surface area contributed by atoms with E-state index in [0.717, 1.165) is 12.8 Å². The summed E-state index contributed by atoms with van der Waals surface area (Å²) < 4.78 is 5.50. The van der Waals surface area contributed by atoms with Gasteiger partial charge in [-0.2, -0.15) is 0 Å². The molecule has 1 aliphatic rings. The van der Waals surface area contributed by atoms with Gasteiger partial charge in [-0.05, 0) is 26.2 Å². The zero-order valence-electron chi connectivity index (χ0n) is 12.9. The number of nitrogens with one attached hydrogen (secondary N) is 1. The average molecular weight is 286 g/mol. The van der Waals surface area contributed by atoms with Crippen molar-refractivity contribution in [1.29, 1.82) is 0 Å². The zero-order chi connectivity index (χ0) is 15.4. The molecule has 1 saturated heterocycles. The lowest BCUT2D eigenvalue weighted by atomic mass is 9.90. The SMILES string of the molecule is CCC(CC)(CNC(=O)N1CCC(C)(C(=O)O)C1)OC. The van der Waals surface area contributed by atoms with Crippen LogP contribution in [-0.2, 0) is 9.53 Å². The molecule has 1 heterocycles. The summed E-state index contributed by atoms with van der Waals surface area (Å²) in [5, 5.41) is 12.0. The Morgan fingerprint density at radius 1 is 1.40 bits per heavy atom. The number of hydrogen-bond donors (Lipinski definition) is 2. The first-order valence-corrected chi connectivity index (χ1v) is 7.14. The molecule has 1 atom stereocenters. The highest BCUT2D eigenvalue weighted by atomic mass is 16.5. The van der Waals surface area contributed by atoms with Crippen LogP contribution in [0, 0.1) is 5.41 Å². The van der Waals surface area contributed by atoms with Crippen LogP contribution in [0.5, 0.6) is 0 Å². The maximum absolute atomic E-state index is 12.1. The number of nitrogens with zero attached hydrogens (tertiary/aromatic N) is 1. The number of rotatable bonds is 6. The minimum Gasteiger partial charge on any atom is -0.481 e. The lowest BCUT2D eigenvalue weighted by molar-refractivity contribution is -0.147. The van der Waals surface area contributed by atoms with Crippen molar-refractivity contribution < 1.29 is 19.4 Å². The molecule has 1 rings (SSSR count). The maximum atomic E-state index is 12.1. The Hall–Kier alpha value is -1.30. The van der Waals surface area contributed by atoms with Crippen molar-refractivity contribution >= 4 is 12.0 Å². The third-order valence-corrected chi connectivity index (χ3v) is 4.56. The summed E-state index contributed by atoms with van der Waals surface area (Å²) in [5.74, 6) is -0.846. The van der Waals surface area contributed by atoms with Crippen LogP contribution in [0.2, 0.25) is 0 Å². The van der Waals surface area contributed by atoms with Gasteiger partial charge in [0, 0.05) is 26.7 Å². The number of methoxy groups -OCH3 is 1. The second-order valence-corrected chi connectivity index (χ2v) is 5.79. The second kappa shape index (κ2) is 6.43. The average Bonchev–Trinajstić information content (AvgIpc) is 2.85. The van der Waals surface area contributed by atoms with E-state index in [4.69, 9.17) is 9.84 Å². The van der Waals surface area contributed by atoms with Crippen LogP contribution in [0.1, 0.15) is 40.0 Å². The summed E-state index contributed by atoms with van der Waals surface area (Å²) in [7, 11) is 1.65. The molecule has 116 valence electrons. The predicted molar refractivity (Wildman–Crippen MR) is 75.7 cm³/mol. The molecule has 6 heteroatoms. The highest BCUT2D eigenvalue weighted by molar-refractivity contribution is 5.79. The number of carboxylic acid groups (broad SMARTS) is 1. The summed E-state index contributed by atoms with van der Waals surface area (Å²) in [6.07, 6.45) is 2.12. The summed E-state index contributed by atoms with van der Waals surface area (Å²) in [6, 6.07) is -0.210. The van der Waals surface area contributed by atoms with E-state index in [9.17, 15) is 9.59 Å². The van der Waals surface area contributed by atoms with E-state index in [1.54, 1.807) is 18.9 Å². The summed E-state index contributed by atoms with van der Waals surface area (Å²) in [5.41, 5.74) is -1.17. The first kappa shape index (κ1) is 16.8. The zero-order valence-corrected chi connectivity index (χ0v) is 12.9. The Morgan fingerprint density at radius 2 is 2.00 bits per heavy atom. The van der Waals surface area contributed by atoms with Crippen molar-refractivity contribution in [3.8, 4) is 0 Å². The van der Waals surface area contributed by atoms with Gasteiger partial charge in [0.05, 0.1) is 11.0 Å². The molecule has 0 bridgehead atoms. The van der Waals surface area contributed by atoms with Gasteiger partial charge in [0.1, 0.15) is 0 Å². The number of carbonyl (C=O) groups is 2. The molecular formula is C14H26N2O4. The van der Waals surface area contributed by atoms with Crippen LogP contribution in [0.3, 0.4) is 0 Å². The van der Waals surface area contributed by atoms with Crippen molar-refractivity contribution in [2.75, 3.05) is 26.7 Å². The number of hydrogen-bond acceptors (Lipinski definition) is 3. The van der Waals surface area contributed by atoms with E-state index < -0.39 is 11.4 Å². The fraction of sp³-hybridized carbons (Fsp3) is 0.857. The van der Waals surface area contributed by atoms with E-state index in [0.29, 0.717) is 19.5 Å². The Balaban J connectivity index is 2.55. The normalized spacial score (nSPS) is 22.9. The van der Waals surface area contributed by atoms with Gasteiger partial charge in [0.2, 0.25) is 0 Å². The van der Waals surface area contributed by atoms with Crippen LogP contribution in [0.4, 0.5) is 4.79 Å². The molecule has 0 aromatic rings. The maximum Gasteiger partial charge on any atom is 0.317 e. The third kappa shape index (κ3) is 3.42. The fourth-order valence-corrected chi connectivity index (χ4v) is 2.52. The van der Waals surface area contributed by atoms with Crippen LogP contribution in [0.15, 0.2) is 0 Å². The van der Waals surface area contributed by atoms with Crippen molar-refractivity contribution in [1.82, 2.24) is 10.2 Å². The first-order chi connectivity index (χ1) is 9.32. The van der Waals surface area contributed by atoms with Crippen molar-refractivity contribution in [3.63, 3.8) is 0 Å². The molecule has 1 fully saturated rings. The first-order valence-electron chi connectivity index (χ1n) is 7.14. The van der Waals surface area contributed by atoms with Gasteiger partial charge in [0.25, 0.3) is 0 Å². The summed E-state index contributed by atoms with van der Waals surface area (Å²) >= 11 is 0. The van der Waals surface area contributed by atoms with Gasteiger partial charge in [-0.25, -0.2) is 4.79 Å². The third-order valence-electron chi connectivity index (χ3n) is 4.56. The monoisotopic (exact) mass is 286 g/mol. The van der Waals surface area contributed by atoms with Crippen LogP contribution in [0.25, 0.3) is 0 Å². The van der Waals surface area contributed by atoms with Crippen molar-refractivity contribution in [2.45, 2.75) is 45.6 Å². The topological polar surface area (TPSA) is 78.9 Å². The standard InChI is InChI=1S/C14H26N2O4/c1-5-14(6-2,20-4)9-15-12(19)16-8-7-13(3,10-16)11(17)18/h5-10H2,1-4H3,(H,15,19)(H,17,18). The fourth-order valence-electron chi connectivity index (χ4n) is 2.52. The Bertz CT molecular complexity index is 360. The number of urea groups is 1. The van der Waals surface area contributed by atoms with Gasteiger partial charge in [-0.1, -0.05) is 13.8 Å². The number of carboxylic acids is 1. The van der Waals surface area contributed by atoms with Gasteiger partial charge in [-0.15, -0.1) is 0 Å². The molecule has 1 unspecified atom stereocenters. The van der Waals surface area contributed by atoms with Gasteiger partial charge in [-0.3, -0.25) is 4.79 Å². The van der Waals surface area contributed by atoms with Crippen molar-refractivity contribution in [3.05, 3.63) is 0 Å². The molecule has 0 radical (unpaired) electrons. The van der Waals surface area contributed by atoms with Gasteiger partial charge in [0.15, 0.2) is 0 Å². The largest absolute Gasteiger partial charge is 0.481 e. The molecule has 0 aliphatic carbocycles. The predicted octanol–water partition coefficient (Wildman–Crippen LogP) is 1.70. The quantitative estimate of drug-likeness (QED) is 0.779. The number of likely N-dealkylation sites (tertiary alicyclic amines) is 1. The van der Waals surface area contributed by atoms with E-state index in [1.165, 1.54) is 0 Å². The molecular weight excluding hydrogens is 260 g/mol. The van der Waals surface area contributed by atoms with E-state index >= 15 is 0 Å². The lowest BCUT2D eigenvalue weighted by Crippen LogP contribution is -2.48. The Kier molecular flexibility index (Phi) is 5.39. The number of carbonyl (C=O) groups excluding carboxylic acids is 1. The molecule has 0 aromatic carbocycles. The molecule has 2 amide bonds. The van der Waals surface area contributed by atoms with Crippen LogP contribution < -0.4 is 5.32 Å². The van der Waals surface area contributed by atoms with Gasteiger partial charge < -0.3 is 20.1 Å². The van der Waals surface area contributed by atoms with E-state index in [1.807, 2.05) is 13.8 Å². The van der Waals surface area contributed by atoms with E-state index in [2.05, 4.69) is 5.32 Å². The summed E-state index contributed by atoms with van der Waals surface area (Å²) in [4.78, 5) is 24.9. The van der Waals surface area contributed by atoms with E-state index in [-0.39, 0.29) is 18.2 Å². The molecule has 0 aromatic heterocycles. The lowest BCUT2D eigenvalue weighted by Gasteiger charge is -2.31. The van der Waals surface area contributed by atoms with Crippen molar-refractivity contribution in [2.24, 2.45) is 5.41 Å². The van der Waals surface area contributed by atoms with Crippen LogP contribution >= 0.6 is 0 Å². The minimum absolute atomic E-state index is 0.210. The molecule has 2 N–H and O–H groups in total. The highest BCUT2D eigenvalue weighted by Gasteiger charge is 2.42. The van der Waals surface area contributed by atoms with Gasteiger partial charge >= 0.3 is 12.0 Å². The minimum atomic E-state index is -0.846. The molecule has 0 saturated carbocycles. The summed E-state index contributed by atoms with van der Waals surface area (Å²) in [6.45, 7) is 6.90. The smallest absolute Gasteiger partial charge is 0.317 e. The highest BCUT2D eigenvalue weighted by Crippen LogP contribution is 2.30. The van der Waals surface area contributed by atoms with Crippen LogP contribution in [-0.4, -0.2) is 54.4 Å². The number of amides is 2. The Labute approximate surface area is 120 Å².